The molecule has 3 N–H and O–H groups in total. The van der Waals surface area contributed by atoms with Crippen molar-refractivity contribution in [1.82, 2.24) is 10.6 Å². The van der Waals surface area contributed by atoms with Crippen LogP contribution in [0.5, 0.6) is 0 Å². The minimum atomic E-state index is -0.970. The first-order valence-corrected chi connectivity index (χ1v) is 9.22. The predicted octanol–water partition coefficient (Wildman–Crippen LogP) is 2.71. The Morgan fingerprint density at radius 3 is 2.38 bits per heavy atom. The van der Waals surface area contributed by atoms with Crippen molar-refractivity contribution in [1.29, 1.82) is 0 Å². The molecule has 5 nitrogen and oxygen atoms in total. The van der Waals surface area contributed by atoms with Gasteiger partial charge in [-0.15, -0.1) is 0 Å². The summed E-state index contributed by atoms with van der Waals surface area (Å²) < 4.78 is 0. The number of thioether (sulfide) groups is 1. The lowest BCUT2D eigenvalue weighted by atomic mass is 9.81. The fourth-order valence-electron chi connectivity index (χ4n) is 2.78. The summed E-state index contributed by atoms with van der Waals surface area (Å²) in [4.78, 5) is 22.9. The van der Waals surface area contributed by atoms with Crippen molar-refractivity contribution >= 4 is 23.8 Å². The normalized spacial score (nSPS) is 23.3. The molecule has 122 valence electrons. The summed E-state index contributed by atoms with van der Waals surface area (Å²) >= 11 is 1.58. The maximum absolute atomic E-state index is 11.8. The molecule has 0 aliphatic heterocycles. The highest BCUT2D eigenvalue weighted by Crippen LogP contribution is 2.29. The second-order valence-electron chi connectivity index (χ2n) is 5.82. The minimum Gasteiger partial charge on any atom is -0.480 e. The molecule has 6 heteroatoms. The van der Waals surface area contributed by atoms with Crippen LogP contribution in [0, 0.1) is 11.8 Å². The summed E-state index contributed by atoms with van der Waals surface area (Å²) in [6.07, 6.45) is 8.43. The Morgan fingerprint density at radius 1 is 1.24 bits per heavy atom. The topological polar surface area (TPSA) is 78.4 Å². The van der Waals surface area contributed by atoms with E-state index >= 15 is 0 Å². The largest absolute Gasteiger partial charge is 0.480 e. The number of rotatable bonds is 8. The molecule has 1 aliphatic carbocycles. The van der Waals surface area contributed by atoms with Gasteiger partial charge in [0.05, 0.1) is 0 Å². The zero-order valence-corrected chi connectivity index (χ0v) is 13.9. The van der Waals surface area contributed by atoms with E-state index in [4.69, 9.17) is 5.11 Å². The van der Waals surface area contributed by atoms with Gasteiger partial charge in [-0.05, 0) is 43.1 Å². The lowest BCUT2D eigenvalue weighted by Crippen LogP contribution is -2.47. The van der Waals surface area contributed by atoms with Crippen LogP contribution < -0.4 is 10.6 Å². The van der Waals surface area contributed by atoms with E-state index in [1.165, 1.54) is 19.3 Å². The molecule has 0 aromatic carbocycles. The molecule has 1 rings (SSSR count). The Hall–Kier alpha value is -0.910. The predicted molar refractivity (Wildman–Crippen MR) is 86.7 cm³/mol. The zero-order chi connectivity index (χ0) is 15.7. The molecule has 0 radical (unpaired) electrons. The molecule has 0 aromatic rings. The number of urea groups is 1. The molecule has 0 heterocycles. The van der Waals surface area contributed by atoms with E-state index < -0.39 is 12.0 Å². The van der Waals surface area contributed by atoms with E-state index in [2.05, 4.69) is 17.6 Å². The van der Waals surface area contributed by atoms with Crippen molar-refractivity contribution < 1.29 is 14.7 Å². The number of nitrogens with one attached hydrogen (secondary N) is 2. The van der Waals surface area contributed by atoms with Crippen LogP contribution in [0.15, 0.2) is 0 Å². The second kappa shape index (κ2) is 9.92. The summed E-state index contributed by atoms with van der Waals surface area (Å²) in [6, 6.07) is -1.16. The third-order valence-electron chi connectivity index (χ3n) is 4.31. The molecule has 0 spiro atoms. The third kappa shape index (κ3) is 7.07. The van der Waals surface area contributed by atoms with Gasteiger partial charge in [0, 0.05) is 6.54 Å². The lowest BCUT2D eigenvalue weighted by Gasteiger charge is -2.28. The number of hydrogen-bond donors (Lipinski definition) is 3. The van der Waals surface area contributed by atoms with E-state index in [1.807, 2.05) is 6.26 Å². The smallest absolute Gasteiger partial charge is 0.326 e. The molecular weight excluding hydrogens is 288 g/mol. The Labute approximate surface area is 131 Å². The van der Waals surface area contributed by atoms with E-state index in [9.17, 15) is 9.59 Å². The van der Waals surface area contributed by atoms with Crippen molar-refractivity contribution in [3.63, 3.8) is 0 Å². The maximum atomic E-state index is 11.8. The quantitative estimate of drug-likeness (QED) is 0.643. The molecule has 0 saturated heterocycles. The number of carboxylic acid groups (broad SMARTS) is 1. The van der Waals surface area contributed by atoms with Gasteiger partial charge in [0.1, 0.15) is 6.04 Å². The van der Waals surface area contributed by atoms with Gasteiger partial charge in [-0.25, -0.2) is 9.59 Å². The first-order chi connectivity index (χ1) is 10.1. The van der Waals surface area contributed by atoms with Crippen LogP contribution in [0.3, 0.4) is 0 Å². The van der Waals surface area contributed by atoms with E-state index in [0.717, 1.165) is 24.5 Å². The second-order valence-corrected chi connectivity index (χ2v) is 6.81. The third-order valence-corrected chi connectivity index (χ3v) is 4.95. The fourth-order valence-corrected chi connectivity index (χ4v) is 3.25. The molecule has 1 atom stereocenters. The first-order valence-electron chi connectivity index (χ1n) is 7.82. The average Bonchev–Trinajstić information content (AvgIpc) is 2.49. The molecule has 0 aromatic heterocycles. The van der Waals surface area contributed by atoms with Crippen molar-refractivity contribution in [3.8, 4) is 0 Å². The molecule has 2 amide bonds. The lowest BCUT2D eigenvalue weighted by molar-refractivity contribution is -0.139. The van der Waals surface area contributed by atoms with Gasteiger partial charge >= 0.3 is 12.0 Å². The van der Waals surface area contributed by atoms with Crippen LogP contribution in [0.4, 0.5) is 4.79 Å². The maximum Gasteiger partial charge on any atom is 0.326 e. The van der Waals surface area contributed by atoms with Crippen LogP contribution in [0.1, 0.15) is 45.4 Å². The molecule has 0 bridgehead atoms. The highest BCUT2D eigenvalue weighted by molar-refractivity contribution is 7.98. The van der Waals surface area contributed by atoms with Crippen LogP contribution in [-0.2, 0) is 4.79 Å². The fraction of sp³-hybridized carbons (Fsp3) is 0.867. The first kappa shape index (κ1) is 18.1. The van der Waals surface area contributed by atoms with E-state index in [-0.39, 0.29) is 6.03 Å². The van der Waals surface area contributed by atoms with Crippen molar-refractivity contribution in [2.75, 3.05) is 18.6 Å². The van der Waals surface area contributed by atoms with Crippen molar-refractivity contribution in [2.24, 2.45) is 11.8 Å². The summed E-state index contributed by atoms with van der Waals surface area (Å²) in [7, 11) is 0. The highest BCUT2D eigenvalue weighted by Gasteiger charge is 2.22. The van der Waals surface area contributed by atoms with Crippen molar-refractivity contribution in [2.45, 2.75) is 51.5 Å². The van der Waals surface area contributed by atoms with Crippen LogP contribution >= 0.6 is 11.8 Å². The van der Waals surface area contributed by atoms with Gasteiger partial charge in [0.25, 0.3) is 0 Å². The Bertz CT molecular complexity index is 331. The van der Waals surface area contributed by atoms with Gasteiger partial charge in [-0.2, -0.15) is 11.8 Å². The Morgan fingerprint density at radius 2 is 1.86 bits per heavy atom. The molecule has 1 saturated carbocycles. The number of hydrogen-bond acceptors (Lipinski definition) is 3. The molecule has 1 fully saturated rings. The number of carbonyl (C=O) groups is 2. The number of carbonyl (C=O) groups excluding carboxylic acids is 1. The molecule has 1 aliphatic rings. The molecular formula is C15H28N2O3S. The van der Waals surface area contributed by atoms with Gasteiger partial charge in [0.15, 0.2) is 0 Å². The van der Waals surface area contributed by atoms with E-state index in [0.29, 0.717) is 18.9 Å². The zero-order valence-electron chi connectivity index (χ0n) is 13.1. The van der Waals surface area contributed by atoms with Crippen molar-refractivity contribution in [3.05, 3.63) is 0 Å². The Kier molecular flexibility index (Phi) is 8.57. The molecule has 21 heavy (non-hydrogen) atoms. The van der Waals surface area contributed by atoms with Crippen LogP contribution in [-0.4, -0.2) is 41.7 Å². The van der Waals surface area contributed by atoms with E-state index in [1.54, 1.807) is 11.8 Å². The average molecular weight is 316 g/mol. The summed E-state index contributed by atoms with van der Waals surface area (Å²) in [6.45, 7) is 2.88. The van der Waals surface area contributed by atoms with Crippen LogP contribution in [0.2, 0.25) is 0 Å². The monoisotopic (exact) mass is 316 g/mol. The summed E-state index contributed by atoms with van der Waals surface area (Å²) in [5.74, 6) is 1.13. The van der Waals surface area contributed by atoms with Gasteiger partial charge < -0.3 is 15.7 Å². The minimum absolute atomic E-state index is 0.360. The molecule has 1 unspecified atom stereocenters. The highest BCUT2D eigenvalue weighted by atomic mass is 32.2. The summed E-state index contributed by atoms with van der Waals surface area (Å²) in [5.41, 5.74) is 0. The Balaban J connectivity index is 2.25. The summed E-state index contributed by atoms with van der Waals surface area (Å²) in [5, 5.41) is 14.4. The number of aliphatic carboxylic acids is 1. The standard InChI is InChI=1S/C15H28N2O3S/c1-3-11-4-6-12(7-5-11)10-16-15(20)17-13(14(18)19)8-9-21-2/h11-13H,3-10H2,1-2H3,(H,18,19)(H2,16,17,20). The van der Waals surface area contributed by atoms with Gasteiger partial charge in [-0.3, -0.25) is 0 Å². The van der Waals surface area contributed by atoms with Crippen LogP contribution in [0.25, 0.3) is 0 Å². The van der Waals surface area contributed by atoms with Gasteiger partial charge in [0.2, 0.25) is 0 Å². The SMILES string of the molecule is CCC1CCC(CNC(=O)NC(CCSC)C(=O)O)CC1. The number of carboxylic acids is 1. The van der Waals surface area contributed by atoms with Gasteiger partial charge in [-0.1, -0.05) is 26.2 Å². The number of amides is 2.